The van der Waals surface area contributed by atoms with Gasteiger partial charge in [-0.2, -0.15) is 0 Å². The van der Waals surface area contributed by atoms with Crippen LogP contribution in [0.5, 0.6) is 0 Å². The summed E-state index contributed by atoms with van der Waals surface area (Å²) >= 11 is 0. The average molecular weight is 222 g/mol. The molecule has 0 aliphatic heterocycles. The molecule has 1 atom stereocenters. The second kappa shape index (κ2) is 5.49. The third-order valence-electron chi connectivity index (χ3n) is 3.18. The summed E-state index contributed by atoms with van der Waals surface area (Å²) in [6.07, 6.45) is 1.08. The van der Waals surface area contributed by atoms with Crippen molar-refractivity contribution in [3.8, 4) is 0 Å². The van der Waals surface area contributed by atoms with Crippen LogP contribution in [0.1, 0.15) is 30.4 Å². The molecule has 0 saturated carbocycles. The van der Waals surface area contributed by atoms with Crippen LogP contribution in [-0.4, -0.2) is 0 Å². The first-order chi connectivity index (χ1) is 8.33. The molecule has 0 nitrogen and oxygen atoms in total. The summed E-state index contributed by atoms with van der Waals surface area (Å²) in [4.78, 5) is 0. The van der Waals surface area contributed by atoms with Crippen LogP contribution in [0, 0.1) is 0 Å². The highest BCUT2D eigenvalue weighted by Crippen LogP contribution is 2.32. The Hall–Kier alpha value is -1.82. The van der Waals surface area contributed by atoms with Gasteiger partial charge in [0.2, 0.25) is 0 Å². The number of allylic oxidation sites excluding steroid dienone is 1. The Balaban J connectivity index is 2.29. The van der Waals surface area contributed by atoms with Crippen molar-refractivity contribution in [2.24, 2.45) is 0 Å². The molecule has 0 aromatic heterocycles. The van der Waals surface area contributed by atoms with E-state index >= 15 is 0 Å². The molecule has 0 aliphatic carbocycles. The van der Waals surface area contributed by atoms with Gasteiger partial charge in [0.05, 0.1) is 0 Å². The lowest BCUT2D eigenvalue weighted by Crippen LogP contribution is -1.99. The SMILES string of the molecule is C=C(c1ccccc1)[C@H](CC)c1ccccc1. The lowest BCUT2D eigenvalue weighted by atomic mass is 9.86. The van der Waals surface area contributed by atoms with Crippen molar-refractivity contribution in [2.75, 3.05) is 0 Å². The van der Waals surface area contributed by atoms with Crippen LogP contribution in [0.2, 0.25) is 0 Å². The molecule has 0 saturated heterocycles. The van der Waals surface area contributed by atoms with Gasteiger partial charge in [-0.1, -0.05) is 74.2 Å². The molecule has 0 bridgehead atoms. The first-order valence-electron chi connectivity index (χ1n) is 6.12. The molecule has 86 valence electrons. The Morgan fingerprint density at radius 1 is 0.941 bits per heavy atom. The standard InChI is InChI=1S/C17H18/c1-3-17(16-12-8-5-9-13-16)14(2)15-10-6-4-7-11-15/h4-13,17H,2-3H2,1H3/t17-/m0/s1. The maximum absolute atomic E-state index is 4.27. The smallest absolute Gasteiger partial charge is 0.00867 e. The van der Waals surface area contributed by atoms with Crippen molar-refractivity contribution in [3.63, 3.8) is 0 Å². The Bertz CT molecular complexity index is 468. The van der Waals surface area contributed by atoms with Crippen molar-refractivity contribution in [3.05, 3.63) is 78.4 Å². The van der Waals surface area contributed by atoms with Crippen LogP contribution in [0.3, 0.4) is 0 Å². The number of rotatable bonds is 4. The largest absolute Gasteiger partial charge is 0.0946 e. The molecule has 0 amide bonds. The summed E-state index contributed by atoms with van der Waals surface area (Å²) in [5.74, 6) is 0.415. The van der Waals surface area contributed by atoms with E-state index in [1.807, 2.05) is 6.07 Å². The first kappa shape index (κ1) is 11.7. The molecule has 2 aromatic rings. The molecule has 0 aliphatic rings. The summed E-state index contributed by atoms with van der Waals surface area (Å²) in [7, 11) is 0. The van der Waals surface area contributed by atoms with Gasteiger partial charge < -0.3 is 0 Å². The Kier molecular flexibility index (Phi) is 3.77. The molecular weight excluding hydrogens is 204 g/mol. The van der Waals surface area contributed by atoms with Gasteiger partial charge in [0.15, 0.2) is 0 Å². The predicted octanol–water partition coefficient (Wildman–Crippen LogP) is 4.89. The molecule has 2 aromatic carbocycles. The van der Waals surface area contributed by atoms with Gasteiger partial charge in [-0.05, 0) is 23.1 Å². The molecule has 2 rings (SSSR count). The molecular formula is C17H18. The second-order valence-electron chi connectivity index (χ2n) is 4.26. The fourth-order valence-electron chi connectivity index (χ4n) is 2.22. The van der Waals surface area contributed by atoms with Crippen LogP contribution < -0.4 is 0 Å². The topological polar surface area (TPSA) is 0 Å². The highest BCUT2D eigenvalue weighted by molar-refractivity contribution is 5.69. The summed E-state index contributed by atoms with van der Waals surface area (Å²) < 4.78 is 0. The van der Waals surface area contributed by atoms with Crippen molar-refractivity contribution in [2.45, 2.75) is 19.3 Å². The highest BCUT2D eigenvalue weighted by Gasteiger charge is 2.13. The van der Waals surface area contributed by atoms with Crippen LogP contribution in [0.25, 0.3) is 5.57 Å². The van der Waals surface area contributed by atoms with Crippen molar-refractivity contribution < 1.29 is 0 Å². The summed E-state index contributed by atoms with van der Waals surface area (Å²) in [5.41, 5.74) is 3.80. The van der Waals surface area contributed by atoms with E-state index in [-0.39, 0.29) is 0 Å². The van der Waals surface area contributed by atoms with Crippen molar-refractivity contribution >= 4 is 5.57 Å². The fraction of sp³-hybridized carbons (Fsp3) is 0.176. The van der Waals surface area contributed by atoms with E-state index in [0.29, 0.717) is 5.92 Å². The number of hydrogen-bond donors (Lipinski definition) is 0. The van der Waals surface area contributed by atoms with E-state index < -0.39 is 0 Å². The lowest BCUT2D eigenvalue weighted by Gasteiger charge is -2.18. The van der Waals surface area contributed by atoms with E-state index in [2.05, 4.69) is 68.1 Å². The zero-order chi connectivity index (χ0) is 12.1. The molecule has 0 spiro atoms. The molecule has 0 heteroatoms. The minimum Gasteiger partial charge on any atom is -0.0946 e. The maximum Gasteiger partial charge on any atom is 0.00867 e. The zero-order valence-corrected chi connectivity index (χ0v) is 10.3. The molecule has 0 N–H and O–H groups in total. The van der Waals surface area contributed by atoms with Crippen molar-refractivity contribution in [1.29, 1.82) is 0 Å². The Morgan fingerprint density at radius 3 is 2.00 bits per heavy atom. The monoisotopic (exact) mass is 222 g/mol. The fourth-order valence-corrected chi connectivity index (χ4v) is 2.22. The number of benzene rings is 2. The van der Waals surface area contributed by atoms with Gasteiger partial charge in [0.1, 0.15) is 0 Å². The molecule has 0 unspecified atom stereocenters. The van der Waals surface area contributed by atoms with E-state index in [1.54, 1.807) is 0 Å². The predicted molar refractivity (Wildman–Crippen MR) is 75.0 cm³/mol. The molecule has 0 heterocycles. The van der Waals surface area contributed by atoms with E-state index in [1.165, 1.54) is 16.7 Å². The van der Waals surface area contributed by atoms with Crippen LogP contribution in [0.4, 0.5) is 0 Å². The highest BCUT2D eigenvalue weighted by atomic mass is 14.2. The maximum atomic E-state index is 4.27. The van der Waals surface area contributed by atoms with E-state index in [9.17, 15) is 0 Å². The molecule has 0 radical (unpaired) electrons. The minimum absolute atomic E-state index is 0.415. The van der Waals surface area contributed by atoms with Crippen LogP contribution >= 0.6 is 0 Å². The van der Waals surface area contributed by atoms with Gasteiger partial charge in [0.25, 0.3) is 0 Å². The Labute approximate surface area is 104 Å². The minimum atomic E-state index is 0.415. The van der Waals surface area contributed by atoms with Gasteiger partial charge in [-0.15, -0.1) is 0 Å². The third-order valence-corrected chi connectivity index (χ3v) is 3.18. The van der Waals surface area contributed by atoms with Crippen molar-refractivity contribution in [1.82, 2.24) is 0 Å². The second-order valence-corrected chi connectivity index (χ2v) is 4.26. The third kappa shape index (κ3) is 2.65. The average Bonchev–Trinajstić information content (AvgIpc) is 2.42. The van der Waals surface area contributed by atoms with Crippen LogP contribution in [0.15, 0.2) is 67.2 Å². The first-order valence-corrected chi connectivity index (χ1v) is 6.12. The van der Waals surface area contributed by atoms with Gasteiger partial charge >= 0.3 is 0 Å². The van der Waals surface area contributed by atoms with Gasteiger partial charge in [-0.25, -0.2) is 0 Å². The zero-order valence-electron chi connectivity index (χ0n) is 10.3. The van der Waals surface area contributed by atoms with Gasteiger partial charge in [0, 0.05) is 5.92 Å². The van der Waals surface area contributed by atoms with E-state index in [4.69, 9.17) is 0 Å². The van der Waals surface area contributed by atoms with Gasteiger partial charge in [-0.3, -0.25) is 0 Å². The molecule has 17 heavy (non-hydrogen) atoms. The molecule has 0 fully saturated rings. The summed E-state index contributed by atoms with van der Waals surface area (Å²) in [5, 5.41) is 0. The lowest BCUT2D eigenvalue weighted by molar-refractivity contribution is 0.824. The summed E-state index contributed by atoms with van der Waals surface area (Å²) in [6.45, 7) is 6.49. The summed E-state index contributed by atoms with van der Waals surface area (Å²) in [6, 6.07) is 21.1. The Morgan fingerprint density at radius 2 is 1.47 bits per heavy atom. The quantitative estimate of drug-likeness (QED) is 0.690. The van der Waals surface area contributed by atoms with E-state index in [0.717, 1.165) is 6.42 Å². The number of hydrogen-bond acceptors (Lipinski definition) is 0. The van der Waals surface area contributed by atoms with Crippen LogP contribution in [-0.2, 0) is 0 Å². The normalized spacial score (nSPS) is 12.1.